The van der Waals surface area contributed by atoms with Gasteiger partial charge in [-0.2, -0.15) is 0 Å². The zero-order valence-corrected chi connectivity index (χ0v) is 36.2. The van der Waals surface area contributed by atoms with Gasteiger partial charge in [0.25, 0.3) is 0 Å². The van der Waals surface area contributed by atoms with Gasteiger partial charge in [0.15, 0.2) is 11.5 Å². The summed E-state index contributed by atoms with van der Waals surface area (Å²) in [6.07, 6.45) is 3.67. The van der Waals surface area contributed by atoms with Crippen LogP contribution in [0.1, 0.15) is 72.1 Å². The molecule has 0 aliphatic heterocycles. The highest BCUT2D eigenvalue weighted by atomic mass is 16.6. The van der Waals surface area contributed by atoms with Gasteiger partial charge in [0.2, 0.25) is 5.91 Å². The number of ether oxygens (including phenoxy) is 6. The van der Waals surface area contributed by atoms with E-state index in [1.807, 2.05) is 0 Å². The fraction of sp³-hybridized carbons (Fsp3) is 0.196. The SMILES string of the molecule is C=CC(=O)CCCOC(=O)CCC(=O)Oc1ccc2cc(C(=O)Oc3ccc(OC(=O)c4ccc5cc(OC(=O)CCC(=O)CCCOC(=O)C=C)ccc5c4)cc3NC(=O)C=C)ccc2c1. The number of hydrogen-bond acceptors (Lipinski definition) is 15. The fourth-order valence-corrected chi connectivity index (χ4v) is 6.14. The normalized spacial score (nSPS) is 10.5. The van der Waals surface area contributed by atoms with Gasteiger partial charge in [-0.15, -0.1) is 0 Å². The highest BCUT2D eigenvalue weighted by molar-refractivity contribution is 6.02. The number of amides is 1. The number of anilines is 1. The molecule has 1 N–H and O–H groups in total. The molecule has 0 unspecified atom stereocenters. The van der Waals surface area contributed by atoms with Gasteiger partial charge in [-0.25, -0.2) is 14.4 Å². The average Bonchev–Trinajstić information content (AvgIpc) is 3.32. The number of fused-ring (bicyclic) bond motifs is 2. The molecule has 0 saturated heterocycles. The summed E-state index contributed by atoms with van der Waals surface area (Å²) in [6, 6.07) is 22.9. The molecule has 344 valence electrons. The first kappa shape index (κ1) is 49.5. The highest BCUT2D eigenvalue weighted by Crippen LogP contribution is 2.32. The Morgan fingerprint density at radius 2 is 0.970 bits per heavy atom. The molecule has 5 aromatic carbocycles. The van der Waals surface area contributed by atoms with Crippen LogP contribution in [0.4, 0.5) is 5.69 Å². The van der Waals surface area contributed by atoms with E-state index < -0.39 is 41.7 Å². The van der Waals surface area contributed by atoms with Crippen LogP contribution in [-0.2, 0) is 43.0 Å². The Kier molecular flexibility index (Phi) is 18.1. The lowest BCUT2D eigenvalue weighted by atomic mass is 10.1. The summed E-state index contributed by atoms with van der Waals surface area (Å²) in [6.45, 7) is 10.2. The van der Waals surface area contributed by atoms with Crippen molar-refractivity contribution >= 4 is 80.5 Å². The maximum Gasteiger partial charge on any atom is 0.343 e. The highest BCUT2D eigenvalue weighted by Gasteiger charge is 2.18. The number of Topliss-reactive ketones (excluding diaryl/α,β-unsaturated/α-hetero) is 1. The van der Waals surface area contributed by atoms with Crippen molar-refractivity contribution in [3.63, 3.8) is 0 Å². The minimum Gasteiger partial charge on any atom is -0.466 e. The van der Waals surface area contributed by atoms with Crippen LogP contribution < -0.4 is 24.3 Å². The van der Waals surface area contributed by atoms with Gasteiger partial charge in [0.1, 0.15) is 23.0 Å². The van der Waals surface area contributed by atoms with Crippen molar-refractivity contribution < 1.29 is 71.6 Å². The van der Waals surface area contributed by atoms with Crippen LogP contribution in [0.2, 0.25) is 0 Å². The minimum atomic E-state index is -0.781. The van der Waals surface area contributed by atoms with Crippen LogP contribution in [0.15, 0.2) is 129 Å². The minimum absolute atomic E-state index is 0.000521. The van der Waals surface area contributed by atoms with E-state index in [0.29, 0.717) is 34.4 Å². The first-order chi connectivity index (χ1) is 32.2. The molecule has 0 bridgehead atoms. The molecule has 0 fully saturated rings. The molecule has 0 aliphatic carbocycles. The third kappa shape index (κ3) is 15.6. The summed E-state index contributed by atoms with van der Waals surface area (Å²) in [5.41, 5.74) is 0.321. The molecule has 0 spiro atoms. The molecule has 16 nitrogen and oxygen atoms in total. The molecule has 0 aromatic heterocycles. The Morgan fingerprint density at radius 1 is 0.463 bits per heavy atom. The standard InChI is InChI=1S/C51H45NO15/c1-4-38(53)9-7-26-63-47(57)23-24-49(59)65-41-19-16-33-28-37(14-12-35(33)30-41)51(61)67-44-21-20-42(31-43(44)52-45(55)5-2)66-50(60)36-13-11-34-29-40(18-15-32(34)27-36)64-48(58)22-17-39(54)10-8-25-62-46(56)6-3/h4-6,11-16,18-21,27-31H,1-3,7-10,17,22-26H2,(H,52,55). The van der Waals surface area contributed by atoms with Crippen molar-refractivity contribution in [2.75, 3.05) is 18.5 Å². The number of carbonyl (C=O) groups is 9. The quantitative estimate of drug-likeness (QED) is 0.0268. The largest absolute Gasteiger partial charge is 0.466 e. The number of rotatable bonds is 24. The van der Waals surface area contributed by atoms with Gasteiger partial charge < -0.3 is 33.7 Å². The molecule has 0 heterocycles. The molecule has 0 aliphatic rings. The lowest BCUT2D eigenvalue weighted by Crippen LogP contribution is -2.14. The van der Waals surface area contributed by atoms with Crippen molar-refractivity contribution in [2.24, 2.45) is 0 Å². The third-order valence-electron chi connectivity index (χ3n) is 9.58. The Bertz CT molecular complexity index is 2770. The zero-order chi connectivity index (χ0) is 48.3. The Balaban J connectivity index is 1.15. The molecule has 1 amide bonds. The topological polar surface area (TPSA) is 221 Å². The Morgan fingerprint density at radius 3 is 1.57 bits per heavy atom. The number of benzene rings is 5. The van der Waals surface area contributed by atoms with Gasteiger partial charge in [0.05, 0.1) is 49.3 Å². The van der Waals surface area contributed by atoms with E-state index in [1.54, 1.807) is 54.6 Å². The van der Waals surface area contributed by atoms with Crippen molar-refractivity contribution in [3.8, 4) is 23.0 Å². The van der Waals surface area contributed by atoms with Gasteiger partial charge in [0, 0.05) is 31.4 Å². The van der Waals surface area contributed by atoms with Crippen LogP contribution in [-0.4, -0.2) is 66.5 Å². The predicted molar refractivity (Wildman–Crippen MR) is 244 cm³/mol. The Hall–Kier alpha value is -8.53. The average molecular weight is 912 g/mol. The molecule has 5 aromatic rings. The number of esters is 6. The second-order valence-electron chi connectivity index (χ2n) is 14.5. The van der Waals surface area contributed by atoms with Crippen molar-refractivity contribution in [1.82, 2.24) is 0 Å². The van der Waals surface area contributed by atoms with E-state index in [-0.39, 0.29) is 103 Å². The number of carbonyl (C=O) groups excluding carboxylic acids is 9. The molecule has 16 heteroatoms. The summed E-state index contributed by atoms with van der Waals surface area (Å²) in [7, 11) is 0. The summed E-state index contributed by atoms with van der Waals surface area (Å²) in [5, 5.41) is 5.05. The summed E-state index contributed by atoms with van der Waals surface area (Å²) in [5.74, 6) is -4.52. The van der Waals surface area contributed by atoms with Gasteiger partial charge >= 0.3 is 35.8 Å². The Labute approximate surface area is 384 Å². The summed E-state index contributed by atoms with van der Waals surface area (Å²) in [4.78, 5) is 110. The molecule has 5 rings (SSSR count). The summed E-state index contributed by atoms with van der Waals surface area (Å²) < 4.78 is 31.9. The lowest BCUT2D eigenvalue weighted by Gasteiger charge is -2.13. The molecule has 0 atom stereocenters. The zero-order valence-electron chi connectivity index (χ0n) is 36.2. The molecular weight excluding hydrogens is 867 g/mol. The van der Waals surface area contributed by atoms with Gasteiger partial charge in [-0.1, -0.05) is 44.0 Å². The van der Waals surface area contributed by atoms with Crippen LogP contribution in [0.5, 0.6) is 23.0 Å². The lowest BCUT2D eigenvalue weighted by molar-refractivity contribution is -0.147. The first-order valence-corrected chi connectivity index (χ1v) is 20.9. The molecule has 0 radical (unpaired) electrons. The predicted octanol–water partition coefficient (Wildman–Crippen LogP) is 8.08. The monoisotopic (exact) mass is 911 g/mol. The smallest absolute Gasteiger partial charge is 0.343 e. The number of nitrogens with one attached hydrogen (secondary N) is 1. The van der Waals surface area contributed by atoms with Crippen LogP contribution in [0.25, 0.3) is 21.5 Å². The maximum absolute atomic E-state index is 13.4. The third-order valence-corrected chi connectivity index (χ3v) is 9.58. The van der Waals surface area contributed by atoms with Crippen LogP contribution >= 0.6 is 0 Å². The van der Waals surface area contributed by atoms with Crippen molar-refractivity contribution in [2.45, 2.75) is 51.4 Å². The second-order valence-corrected chi connectivity index (χ2v) is 14.5. The molecule has 0 saturated carbocycles. The van der Waals surface area contributed by atoms with E-state index in [4.69, 9.17) is 28.4 Å². The van der Waals surface area contributed by atoms with E-state index in [9.17, 15) is 43.2 Å². The molecular formula is C51H45NO15. The number of allylic oxidation sites excluding steroid dienone is 1. The van der Waals surface area contributed by atoms with E-state index in [0.717, 1.165) is 12.2 Å². The van der Waals surface area contributed by atoms with E-state index in [2.05, 4.69) is 25.1 Å². The number of hydrogen-bond donors (Lipinski definition) is 1. The van der Waals surface area contributed by atoms with E-state index >= 15 is 0 Å². The van der Waals surface area contributed by atoms with Crippen LogP contribution in [0.3, 0.4) is 0 Å². The van der Waals surface area contributed by atoms with Crippen molar-refractivity contribution in [3.05, 3.63) is 140 Å². The van der Waals surface area contributed by atoms with E-state index in [1.165, 1.54) is 42.5 Å². The maximum atomic E-state index is 13.4. The molecule has 67 heavy (non-hydrogen) atoms. The van der Waals surface area contributed by atoms with Gasteiger partial charge in [-0.05, 0) is 107 Å². The fourth-order valence-electron chi connectivity index (χ4n) is 6.14. The summed E-state index contributed by atoms with van der Waals surface area (Å²) >= 11 is 0. The number of ketones is 2. The van der Waals surface area contributed by atoms with Crippen molar-refractivity contribution in [1.29, 1.82) is 0 Å². The first-order valence-electron chi connectivity index (χ1n) is 20.9. The second kappa shape index (κ2) is 24.5. The van der Waals surface area contributed by atoms with Crippen LogP contribution in [0, 0.1) is 0 Å². The van der Waals surface area contributed by atoms with Gasteiger partial charge in [-0.3, -0.25) is 28.8 Å².